The van der Waals surface area contributed by atoms with Crippen LogP contribution in [0.1, 0.15) is 21.5 Å². The second-order valence-corrected chi connectivity index (χ2v) is 7.51. The molecule has 0 N–H and O–H groups in total. The van der Waals surface area contributed by atoms with E-state index in [0.717, 1.165) is 5.56 Å². The summed E-state index contributed by atoms with van der Waals surface area (Å²) in [5.41, 5.74) is 1.79. The van der Waals surface area contributed by atoms with Crippen molar-refractivity contribution < 1.29 is 19.2 Å². The average molecular weight is 444 g/mol. The Labute approximate surface area is 184 Å². The highest BCUT2D eigenvalue weighted by molar-refractivity contribution is 6.32. The number of hydrogen-bond acceptors (Lipinski definition) is 5. The van der Waals surface area contributed by atoms with Gasteiger partial charge in [0.1, 0.15) is 10.8 Å². The third-order valence-corrected chi connectivity index (χ3v) is 5.44. The van der Waals surface area contributed by atoms with Crippen LogP contribution in [0.2, 0.25) is 5.02 Å². The van der Waals surface area contributed by atoms with Gasteiger partial charge in [0, 0.05) is 43.9 Å². The van der Waals surface area contributed by atoms with Gasteiger partial charge in [0.05, 0.1) is 12.0 Å². The first-order valence-electron chi connectivity index (χ1n) is 9.65. The Kier molecular flexibility index (Phi) is 6.91. The molecule has 1 fully saturated rings. The molecular weight excluding hydrogens is 422 g/mol. The Hall–Kier alpha value is -3.39. The van der Waals surface area contributed by atoms with E-state index in [1.807, 2.05) is 13.0 Å². The summed E-state index contributed by atoms with van der Waals surface area (Å²) in [5.74, 6) is 0.336. The number of benzene rings is 2. The van der Waals surface area contributed by atoms with Gasteiger partial charge in [-0.15, -0.1) is 0 Å². The number of carbonyl (C=O) groups is 2. The van der Waals surface area contributed by atoms with Crippen LogP contribution in [-0.4, -0.2) is 59.8 Å². The number of nitro benzene ring substituents is 1. The SMILES string of the molecule is COc1cc(C(=O)N2CCN(C(=O)/C=C/c3ccc(Cl)c([N+](=O)[O-])c3)CC2)ccc1C. The van der Waals surface area contributed by atoms with E-state index in [-0.39, 0.29) is 22.5 Å². The van der Waals surface area contributed by atoms with E-state index >= 15 is 0 Å². The maximum absolute atomic E-state index is 12.8. The fourth-order valence-electron chi connectivity index (χ4n) is 3.31. The Morgan fingerprint density at radius 1 is 1.10 bits per heavy atom. The number of aryl methyl sites for hydroxylation is 1. The van der Waals surface area contributed by atoms with Gasteiger partial charge >= 0.3 is 0 Å². The van der Waals surface area contributed by atoms with Gasteiger partial charge in [-0.25, -0.2) is 0 Å². The minimum atomic E-state index is -0.568. The average Bonchev–Trinajstić information content (AvgIpc) is 2.78. The Morgan fingerprint density at radius 3 is 2.42 bits per heavy atom. The number of carbonyl (C=O) groups excluding carboxylic acids is 2. The fourth-order valence-corrected chi connectivity index (χ4v) is 3.50. The molecule has 1 aliphatic heterocycles. The van der Waals surface area contributed by atoms with Gasteiger partial charge in [-0.05, 0) is 42.3 Å². The number of halogens is 1. The predicted molar refractivity (Wildman–Crippen MR) is 117 cm³/mol. The van der Waals surface area contributed by atoms with Gasteiger partial charge in [-0.2, -0.15) is 0 Å². The highest BCUT2D eigenvalue weighted by atomic mass is 35.5. The summed E-state index contributed by atoms with van der Waals surface area (Å²) in [5, 5.41) is 11.0. The van der Waals surface area contributed by atoms with Gasteiger partial charge in [0.2, 0.25) is 5.91 Å². The van der Waals surface area contributed by atoms with E-state index in [1.54, 1.807) is 35.1 Å². The molecule has 2 aromatic rings. The van der Waals surface area contributed by atoms with E-state index in [9.17, 15) is 19.7 Å². The van der Waals surface area contributed by atoms with E-state index in [0.29, 0.717) is 43.1 Å². The lowest BCUT2D eigenvalue weighted by Gasteiger charge is -2.34. The predicted octanol–water partition coefficient (Wildman–Crippen LogP) is 3.56. The lowest BCUT2D eigenvalue weighted by atomic mass is 10.1. The van der Waals surface area contributed by atoms with E-state index in [2.05, 4.69) is 0 Å². The van der Waals surface area contributed by atoms with Crippen molar-refractivity contribution in [3.8, 4) is 5.75 Å². The van der Waals surface area contributed by atoms with E-state index in [1.165, 1.54) is 24.3 Å². The number of nitrogens with zero attached hydrogens (tertiary/aromatic N) is 3. The molecule has 1 heterocycles. The van der Waals surface area contributed by atoms with Crippen molar-refractivity contribution in [1.82, 2.24) is 9.80 Å². The summed E-state index contributed by atoms with van der Waals surface area (Å²) < 4.78 is 5.29. The van der Waals surface area contributed by atoms with Crippen LogP contribution in [-0.2, 0) is 4.79 Å². The number of nitro groups is 1. The third kappa shape index (κ3) is 5.21. The van der Waals surface area contributed by atoms with Crippen LogP contribution in [0.5, 0.6) is 5.75 Å². The number of methoxy groups -OCH3 is 1. The summed E-state index contributed by atoms with van der Waals surface area (Å²) >= 11 is 5.80. The molecule has 2 aromatic carbocycles. The molecule has 0 bridgehead atoms. The van der Waals surface area contributed by atoms with Crippen molar-refractivity contribution in [1.29, 1.82) is 0 Å². The molecule has 2 amide bonds. The minimum absolute atomic E-state index is 0.0421. The molecule has 0 spiro atoms. The van der Waals surface area contributed by atoms with Gasteiger partial charge in [-0.1, -0.05) is 23.7 Å². The van der Waals surface area contributed by atoms with Gasteiger partial charge in [0.25, 0.3) is 11.6 Å². The quantitative estimate of drug-likeness (QED) is 0.400. The molecule has 8 nitrogen and oxygen atoms in total. The summed E-state index contributed by atoms with van der Waals surface area (Å²) in [7, 11) is 1.57. The molecule has 31 heavy (non-hydrogen) atoms. The molecule has 0 radical (unpaired) electrons. The first-order chi connectivity index (χ1) is 14.8. The van der Waals surface area contributed by atoms with Crippen molar-refractivity contribution in [3.63, 3.8) is 0 Å². The zero-order valence-electron chi connectivity index (χ0n) is 17.2. The van der Waals surface area contributed by atoms with Gasteiger partial charge in [-0.3, -0.25) is 19.7 Å². The molecule has 0 saturated carbocycles. The molecule has 3 rings (SSSR count). The topological polar surface area (TPSA) is 93.0 Å². The number of piperazine rings is 1. The molecule has 1 saturated heterocycles. The first-order valence-corrected chi connectivity index (χ1v) is 10.0. The molecule has 162 valence electrons. The maximum atomic E-state index is 12.8. The lowest BCUT2D eigenvalue weighted by molar-refractivity contribution is -0.384. The standard InChI is InChI=1S/C22H22ClN3O5/c1-15-3-6-17(14-20(15)31-2)22(28)25-11-9-24(10-12-25)21(27)8-5-16-4-7-18(23)19(13-16)26(29)30/h3-8,13-14H,9-12H2,1-2H3/b8-5+. The largest absolute Gasteiger partial charge is 0.496 e. The van der Waals surface area contributed by atoms with Crippen molar-refractivity contribution in [2.45, 2.75) is 6.92 Å². The number of ether oxygens (including phenoxy) is 1. The monoisotopic (exact) mass is 443 g/mol. The van der Waals surface area contributed by atoms with Gasteiger partial charge < -0.3 is 14.5 Å². The second kappa shape index (κ2) is 9.61. The Bertz CT molecular complexity index is 1050. The highest BCUT2D eigenvalue weighted by Gasteiger charge is 2.24. The smallest absolute Gasteiger partial charge is 0.288 e. The third-order valence-electron chi connectivity index (χ3n) is 5.12. The fraction of sp³-hybridized carbons (Fsp3) is 0.273. The van der Waals surface area contributed by atoms with E-state index in [4.69, 9.17) is 16.3 Å². The number of amides is 2. The minimum Gasteiger partial charge on any atom is -0.496 e. The molecule has 0 aromatic heterocycles. The van der Waals surface area contributed by atoms with Crippen molar-refractivity contribution in [2.75, 3.05) is 33.3 Å². The van der Waals surface area contributed by atoms with Crippen molar-refractivity contribution in [2.24, 2.45) is 0 Å². The van der Waals surface area contributed by atoms with Gasteiger partial charge in [0.15, 0.2) is 0 Å². The van der Waals surface area contributed by atoms with Crippen molar-refractivity contribution in [3.05, 3.63) is 74.3 Å². The molecule has 0 aliphatic carbocycles. The first kappa shape index (κ1) is 22.3. The van der Waals surface area contributed by atoms with Crippen LogP contribution in [0, 0.1) is 17.0 Å². The van der Waals surface area contributed by atoms with Crippen LogP contribution in [0.3, 0.4) is 0 Å². The second-order valence-electron chi connectivity index (χ2n) is 7.10. The van der Waals surface area contributed by atoms with Crippen LogP contribution < -0.4 is 4.74 Å². The van der Waals surface area contributed by atoms with Crippen LogP contribution in [0.4, 0.5) is 5.69 Å². The highest BCUT2D eigenvalue weighted by Crippen LogP contribution is 2.25. The zero-order chi connectivity index (χ0) is 22.5. The lowest BCUT2D eigenvalue weighted by Crippen LogP contribution is -2.50. The zero-order valence-corrected chi connectivity index (χ0v) is 18.0. The van der Waals surface area contributed by atoms with Crippen LogP contribution >= 0.6 is 11.6 Å². The number of rotatable bonds is 5. The van der Waals surface area contributed by atoms with E-state index < -0.39 is 4.92 Å². The summed E-state index contributed by atoms with van der Waals surface area (Å²) in [6.45, 7) is 3.55. The summed E-state index contributed by atoms with van der Waals surface area (Å²) in [6, 6.07) is 9.69. The summed E-state index contributed by atoms with van der Waals surface area (Å²) in [4.78, 5) is 39.0. The van der Waals surface area contributed by atoms with Crippen LogP contribution in [0.25, 0.3) is 6.08 Å². The number of hydrogen-bond donors (Lipinski definition) is 0. The van der Waals surface area contributed by atoms with Crippen molar-refractivity contribution >= 4 is 35.2 Å². The normalized spacial score (nSPS) is 14.0. The Balaban J connectivity index is 1.60. The molecule has 0 unspecified atom stereocenters. The molecule has 9 heteroatoms. The maximum Gasteiger partial charge on any atom is 0.288 e. The molecule has 0 atom stereocenters. The van der Waals surface area contributed by atoms with Crippen LogP contribution in [0.15, 0.2) is 42.5 Å². The molecule has 1 aliphatic rings. The summed E-state index contributed by atoms with van der Waals surface area (Å²) in [6.07, 6.45) is 2.89. The Morgan fingerprint density at radius 2 is 1.77 bits per heavy atom. The molecular formula is C22H22ClN3O5.